The lowest BCUT2D eigenvalue weighted by atomic mass is 10.00. The highest BCUT2D eigenvalue weighted by Crippen LogP contribution is 2.16. The zero-order chi connectivity index (χ0) is 12.3. The molecule has 2 rings (SSSR count). The first-order chi connectivity index (χ1) is 8.13. The highest BCUT2D eigenvalue weighted by atomic mass is 15.5. The Morgan fingerprint density at radius 2 is 2.06 bits per heavy atom. The molecule has 0 amide bonds. The quantitative estimate of drug-likeness (QED) is 0.803. The van der Waals surface area contributed by atoms with Crippen molar-refractivity contribution in [1.29, 1.82) is 0 Å². The fourth-order valence-electron chi connectivity index (χ4n) is 2.33. The van der Waals surface area contributed by atoms with Crippen molar-refractivity contribution in [3.8, 4) is 0 Å². The monoisotopic (exact) mass is 236 g/mol. The van der Waals surface area contributed by atoms with E-state index in [1.165, 1.54) is 25.9 Å². The Bertz CT molecular complexity index is 337. The Balaban J connectivity index is 1.84. The average Bonchev–Trinajstić information content (AvgIpc) is 2.68. The molecule has 2 heterocycles. The first-order valence-corrected chi connectivity index (χ1v) is 6.75. The molecule has 4 heteroatoms. The summed E-state index contributed by atoms with van der Waals surface area (Å²) in [6, 6.07) is 0. The van der Waals surface area contributed by atoms with Crippen molar-refractivity contribution in [2.24, 2.45) is 11.8 Å². The van der Waals surface area contributed by atoms with Crippen LogP contribution in [0.5, 0.6) is 0 Å². The van der Waals surface area contributed by atoms with Crippen LogP contribution in [0.2, 0.25) is 0 Å². The summed E-state index contributed by atoms with van der Waals surface area (Å²) < 4.78 is 1.98. The van der Waals surface area contributed by atoms with Crippen molar-refractivity contribution in [2.45, 2.75) is 46.7 Å². The lowest BCUT2D eigenvalue weighted by Crippen LogP contribution is -2.34. The Morgan fingerprint density at radius 1 is 1.35 bits per heavy atom. The first-order valence-electron chi connectivity index (χ1n) is 6.75. The molecule has 4 nitrogen and oxygen atoms in total. The van der Waals surface area contributed by atoms with Crippen molar-refractivity contribution >= 4 is 0 Å². The van der Waals surface area contributed by atoms with E-state index in [4.69, 9.17) is 0 Å². The minimum Gasteiger partial charge on any atom is -0.284 e. The molecule has 0 radical (unpaired) electrons. The van der Waals surface area contributed by atoms with E-state index in [2.05, 4.69) is 42.2 Å². The van der Waals surface area contributed by atoms with Crippen LogP contribution in [-0.2, 0) is 13.1 Å². The van der Waals surface area contributed by atoms with Gasteiger partial charge in [-0.1, -0.05) is 26.0 Å². The number of nitrogens with zero attached hydrogens (tertiary/aromatic N) is 4. The zero-order valence-electron chi connectivity index (χ0n) is 11.3. The van der Waals surface area contributed by atoms with Crippen LogP contribution in [0.1, 0.15) is 39.3 Å². The molecule has 0 N–H and O–H groups in total. The predicted molar refractivity (Wildman–Crippen MR) is 68.5 cm³/mol. The van der Waals surface area contributed by atoms with Gasteiger partial charge in [0.25, 0.3) is 0 Å². The van der Waals surface area contributed by atoms with Crippen LogP contribution in [0.3, 0.4) is 0 Å². The second kappa shape index (κ2) is 5.63. The highest BCUT2D eigenvalue weighted by Gasteiger charge is 2.16. The van der Waals surface area contributed by atoms with Crippen LogP contribution in [0, 0.1) is 11.8 Å². The lowest BCUT2D eigenvalue weighted by molar-refractivity contribution is 0.146. The number of rotatable bonds is 4. The van der Waals surface area contributed by atoms with Crippen molar-refractivity contribution in [3.63, 3.8) is 0 Å². The Hall–Kier alpha value is -0.900. The van der Waals surface area contributed by atoms with E-state index < -0.39 is 0 Å². The van der Waals surface area contributed by atoms with Gasteiger partial charge in [0.05, 0.1) is 12.4 Å². The average molecular weight is 236 g/mol. The largest absolute Gasteiger partial charge is 0.284 e. The molecule has 96 valence electrons. The fraction of sp³-hybridized carbons (Fsp3) is 0.846. The van der Waals surface area contributed by atoms with Crippen LogP contribution < -0.4 is 0 Å². The molecule has 0 saturated carbocycles. The number of piperidine rings is 1. The van der Waals surface area contributed by atoms with Gasteiger partial charge in [0.2, 0.25) is 0 Å². The van der Waals surface area contributed by atoms with Crippen LogP contribution >= 0.6 is 0 Å². The third-order valence-corrected chi connectivity index (χ3v) is 3.42. The second-order valence-electron chi connectivity index (χ2n) is 5.79. The third kappa shape index (κ3) is 3.80. The standard InChI is InChI=1S/C13H24N4/c1-11(2)8-13-9-17(15-14-13)10-16-6-4-12(3)5-7-16/h9,11-12H,4-8,10H2,1-3H3. The van der Waals surface area contributed by atoms with Gasteiger partial charge >= 0.3 is 0 Å². The lowest BCUT2D eigenvalue weighted by Gasteiger charge is -2.29. The number of hydrogen-bond donors (Lipinski definition) is 0. The molecule has 1 aliphatic heterocycles. The van der Waals surface area contributed by atoms with E-state index in [0.717, 1.165) is 24.7 Å². The molecule has 0 aliphatic carbocycles. The molecule has 17 heavy (non-hydrogen) atoms. The molecular formula is C13H24N4. The van der Waals surface area contributed by atoms with Crippen molar-refractivity contribution in [1.82, 2.24) is 19.9 Å². The van der Waals surface area contributed by atoms with Gasteiger partial charge < -0.3 is 0 Å². The van der Waals surface area contributed by atoms with E-state index in [1.807, 2.05) is 4.68 Å². The molecule has 1 saturated heterocycles. The summed E-state index contributed by atoms with van der Waals surface area (Å²) in [6.45, 7) is 10.1. The van der Waals surface area contributed by atoms with E-state index in [-0.39, 0.29) is 0 Å². The third-order valence-electron chi connectivity index (χ3n) is 3.42. The van der Waals surface area contributed by atoms with Crippen LogP contribution in [0.15, 0.2) is 6.20 Å². The highest BCUT2D eigenvalue weighted by molar-refractivity contribution is 4.93. The molecular weight excluding hydrogens is 212 g/mol. The Labute approximate surface area is 104 Å². The van der Waals surface area contributed by atoms with Gasteiger partial charge in [0, 0.05) is 19.3 Å². The van der Waals surface area contributed by atoms with Crippen LogP contribution in [0.4, 0.5) is 0 Å². The molecule has 1 aromatic heterocycles. The summed E-state index contributed by atoms with van der Waals surface area (Å²) in [5.74, 6) is 1.54. The molecule has 0 aromatic carbocycles. The van der Waals surface area contributed by atoms with E-state index in [1.54, 1.807) is 0 Å². The smallest absolute Gasteiger partial charge is 0.0946 e. The molecule has 1 aliphatic rings. The van der Waals surface area contributed by atoms with Gasteiger partial charge in [-0.25, -0.2) is 4.68 Å². The van der Waals surface area contributed by atoms with Gasteiger partial charge in [0.15, 0.2) is 0 Å². The summed E-state index contributed by atoms with van der Waals surface area (Å²) >= 11 is 0. The predicted octanol–water partition coefficient (Wildman–Crippen LogP) is 2.17. The van der Waals surface area contributed by atoms with Gasteiger partial charge in [-0.15, -0.1) is 5.10 Å². The Morgan fingerprint density at radius 3 is 2.71 bits per heavy atom. The maximum absolute atomic E-state index is 4.22. The summed E-state index contributed by atoms with van der Waals surface area (Å²) in [5, 5.41) is 8.43. The van der Waals surface area contributed by atoms with Gasteiger partial charge in [-0.05, 0) is 31.1 Å². The minimum atomic E-state index is 0.649. The summed E-state index contributed by atoms with van der Waals surface area (Å²) in [7, 11) is 0. The van der Waals surface area contributed by atoms with Gasteiger partial charge in [0.1, 0.15) is 0 Å². The molecule has 1 fully saturated rings. The van der Waals surface area contributed by atoms with Gasteiger partial charge in [-0.3, -0.25) is 4.90 Å². The van der Waals surface area contributed by atoms with Gasteiger partial charge in [-0.2, -0.15) is 0 Å². The topological polar surface area (TPSA) is 34.0 Å². The summed E-state index contributed by atoms with van der Waals surface area (Å²) in [5.41, 5.74) is 1.12. The normalized spacial score (nSPS) is 19.1. The number of aromatic nitrogens is 3. The summed E-state index contributed by atoms with van der Waals surface area (Å²) in [6.07, 6.45) is 5.75. The van der Waals surface area contributed by atoms with E-state index in [0.29, 0.717) is 5.92 Å². The minimum absolute atomic E-state index is 0.649. The van der Waals surface area contributed by atoms with Crippen molar-refractivity contribution in [2.75, 3.05) is 13.1 Å². The maximum atomic E-state index is 4.22. The van der Waals surface area contributed by atoms with Crippen molar-refractivity contribution < 1.29 is 0 Å². The second-order valence-corrected chi connectivity index (χ2v) is 5.79. The Kier molecular flexibility index (Phi) is 4.15. The summed E-state index contributed by atoms with van der Waals surface area (Å²) in [4.78, 5) is 2.47. The molecule has 0 bridgehead atoms. The number of hydrogen-bond acceptors (Lipinski definition) is 3. The van der Waals surface area contributed by atoms with Crippen LogP contribution in [0.25, 0.3) is 0 Å². The molecule has 0 atom stereocenters. The van der Waals surface area contributed by atoms with Crippen molar-refractivity contribution in [3.05, 3.63) is 11.9 Å². The SMILES string of the molecule is CC(C)Cc1cn(CN2CCC(C)CC2)nn1. The first kappa shape index (κ1) is 12.6. The molecule has 0 spiro atoms. The molecule has 0 unspecified atom stereocenters. The zero-order valence-corrected chi connectivity index (χ0v) is 11.3. The fourth-order valence-corrected chi connectivity index (χ4v) is 2.33. The van der Waals surface area contributed by atoms with E-state index >= 15 is 0 Å². The number of likely N-dealkylation sites (tertiary alicyclic amines) is 1. The van der Waals surface area contributed by atoms with E-state index in [9.17, 15) is 0 Å². The molecule has 1 aromatic rings. The maximum Gasteiger partial charge on any atom is 0.0946 e. The van der Waals surface area contributed by atoms with Crippen LogP contribution in [-0.4, -0.2) is 33.0 Å².